The van der Waals surface area contributed by atoms with Crippen LogP contribution in [0.3, 0.4) is 0 Å². The number of nitrogens with zero attached hydrogens (tertiary/aromatic N) is 3. The molecular formula is C21H24Cl2N4O. The molecule has 7 heteroatoms. The van der Waals surface area contributed by atoms with Crippen molar-refractivity contribution in [1.29, 1.82) is 0 Å². The van der Waals surface area contributed by atoms with Gasteiger partial charge in [0.15, 0.2) is 0 Å². The van der Waals surface area contributed by atoms with Crippen molar-refractivity contribution in [2.24, 2.45) is 5.92 Å². The fourth-order valence-electron chi connectivity index (χ4n) is 4.36. The third kappa shape index (κ3) is 3.88. The molecule has 1 aromatic carbocycles. The highest BCUT2D eigenvalue weighted by Gasteiger charge is 2.31. The van der Waals surface area contributed by atoms with Crippen LogP contribution in [0.25, 0.3) is 11.1 Å². The maximum Gasteiger partial charge on any atom is 0.251 e. The van der Waals surface area contributed by atoms with Crippen molar-refractivity contribution in [1.82, 2.24) is 19.4 Å². The van der Waals surface area contributed by atoms with Crippen LogP contribution in [0.2, 0.25) is 0 Å². The zero-order chi connectivity index (χ0) is 17.5. The lowest BCUT2D eigenvalue weighted by atomic mass is 9.83. The number of piperidine rings is 1. The number of imidazole rings is 1. The number of rotatable bonds is 3. The van der Waals surface area contributed by atoms with Gasteiger partial charge >= 0.3 is 0 Å². The SMILES string of the molecule is Cl.Cl.O=c1cc(-c2ccc(Cn3ccnc3)cc2)cc2n1C[C@@H]1CNC[C@H]2C1. The summed E-state index contributed by atoms with van der Waals surface area (Å²) in [5.41, 5.74) is 4.68. The molecule has 5 rings (SSSR count). The molecule has 0 unspecified atom stereocenters. The van der Waals surface area contributed by atoms with Crippen LogP contribution in [0.4, 0.5) is 0 Å². The van der Waals surface area contributed by atoms with Gasteiger partial charge < -0.3 is 14.5 Å². The average molecular weight is 419 g/mol. The van der Waals surface area contributed by atoms with Crippen LogP contribution in [0.1, 0.15) is 23.6 Å². The Morgan fingerprint density at radius 3 is 2.64 bits per heavy atom. The van der Waals surface area contributed by atoms with Crippen LogP contribution < -0.4 is 10.9 Å². The van der Waals surface area contributed by atoms with Gasteiger partial charge in [0.25, 0.3) is 5.56 Å². The first-order valence-corrected chi connectivity index (χ1v) is 9.27. The van der Waals surface area contributed by atoms with E-state index in [0.717, 1.165) is 37.3 Å². The molecule has 1 fully saturated rings. The van der Waals surface area contributed by atoms with Crippen LogP contribution in [0.5, 0.6) is 0 Å². The minimum absolute atomic E-state index is 0. The molecule has 2 bridgehead atoms. The lowest BCUT2D eigenvalue weighted by Gasteiger charge is -2.37. The highest BCUT2D eigenvalue weighted by Crippen LogP contribution is 2.33. The Hall–Kier alpha value is -2.08. The first-order valence-electron chi connectivity index (χ1n) is 9.27. The molecule has 28 heavy (non-hydrogen) atoms. The lowest BCUT2D eigenvalue weighted by molar-refractivity contribution is 0.257. The lowest BCUT2D eigenvalue weighted by Crippen LogP contribution is -2.44. The first kappa shape index (κ1) is 20.6. The second-order valence-electron chi connectivity index (χ2n) is 7.51. The van der Waals surface area contributed by atoms with Crippen molar-refractivity contribution in [3.05, 3.63) is 76.7 Å². The fraction of sp³-hybridized carbons (Fsp3) is 0.333. The molecule has 0 saturated carbocycles. The second kappa shape index (κ2) is 8.52. The number of aromatic nitrogens is 3. The van der Waals surface area contributed by atoms with Crippen molar-refractivity contribution in [2.75, 3.05) is 13.1 Å². The summed E-state index contributed by atoms with van der Waals surface area (Å²) in [6.45, 7) is 3.66. The van der Waals surface area contributed by atoms with Gasteiger partial charge in [-0.2, -0.15) is 0 Å². The van der Waals surface area contributed by atoms with E-state index < -0.39 is 0 Å². The smallest absolute Gasteiger partial charge is 0.251 e. The third-order valence-electron chi connectivity index (χ3n) is 5.67. The Kier molecular flexibility index (Phi) is 6.28. The summed E-state index contributed by atoms with van der Waals surface area (Å²) < 4.78 is 4.05. The topological polar surface area (TPSA) is 51.9 Å². The van der Waals surface area contributed by atoms with Gasteiger partial charge in [-0.25, -0.2) is 4.98 Å². The maximum atomic E-state index is 12.7. The summed E-state index contributed by atoms with van der Waals surface area (Å²) in [4.78, 5) is 16.8. The quantitative estimate of drug-likeness (QED) is 0.709. The molecule has 148 valence electrons. The first-order chi connectivity index (χ1) is 12.8. The van der Waals surface area contributed by atoms with Crippen molar-refractivity contribution in [3.8, 4) is 11.1 Å². The van der Waals surface area contributed by atoms with Crippen LogP contribution >= 0.6 is 24.8 Å². The fourth-order valence-corrected chi connectivity index (χ4v) is 4.36. The zero-order valence-corrected chi connectivity index (χ0v) is 17.1. The van der Waals surface area contributed by atoms with Crippen LogP contribution in [-0.2, 0) is 13.1 Å². The van der Waals surface area contributed by atoms with E-state index in [1.807, 2.05) is 21.7 Å². The molecular weight excluding hydrogens is 395 g/mol. The number of halogens is 2. The van der Waals surface area contributed by atoms with Gasteiger partial charge in [-0.3, -0.25) is 4.79 Å². The third-order valence-corrected chi connectivity index (χ3v) is 5.67. The predicted octanol–water partition coefficient (Wildman–Crippen LogP) is 3.31. The summed E-state index contributed by atoms with van der Waals surface area (Å²) in [5.74, 6) is 1.04. The molecule has 0 amide bonds. The Bertz CT molecular complexity index is 983. The van der Waals surface area contributed by atoms with E-state index in [0.29, 0.717) is 11.8 Å². The summed E-state index contributed by atoms with van der Waals surface area (Å²) in [7, 11) is 0. The minimum Gasteiger partial charge on any atom is -0.333 e. The molecule has 1 N–H and O–H groups in total. The van der Waals surface area contributed by atoms with Crippen molar-refractivity contribution in [2.45, 2.75) is 25.4 Å². The van der Waals surface area contributed by atoms with E-state index in [4.69, 9.17) is 0 Å². The van der Waals surface area contributed by atoms with E-state index in [1.165, 1.54) is 17.7 Å². The van der Waals surface area contributed by atoms with Crippen molar-refractivity contribution in [3.63, 3.8) is 0 Å². The molecule has 5 nitrogen and oxygen atoms in total. The molecule has 0 aliphatic carbocycles. The largest absolute Gasteiger partial charge is 0.333 e. The Labute approximate surface area is 176 Å². The second-order valence-corrected chi connectivity index (χ2v) is 7.51. The Balaban J connectivity index is 0.00000112. The van der Waals surface area contributed by atoms with E-state index >= 15 is 0 Å². The van der Waals surface area contributed by atoms with E-state index in [2.05, 4.69) is 40.6 Å². The van der Waals surface area contributed by atoms with Crippen LogP contribution in [0.15, 0.2) is 59.9 Å². The van der Waals surface area contributed by atoms with Crippen LogP contribution in [0, 0.1) is 5.92 Å². The summed E-state index contributed by atoms with van der Waals surface area (Å²) in [5, 5.41) is 3.51. The normalized spacial score (nSPS) is 19.9. The highest BCUT2D eigenvalue weighted by molar-refractivity contribution is 5.85. The van der Waals surface area contributed by atoms with Crippen molar-refractivity contribution >= 4 is 24.8 Å². The van der Waals surface area contributed by atoms with Gasteiger partial charge in [0.2, 0.25) is 0 Å². The highest BCUT2D eigenvalue weighted by atomic mass is 35.5. The van der Waals surface area contributed by atoms with Gasteiger partial charge in [0.05, 0.1) is 6.33 Å². The minimum atomic E-state index is 0. The maximum absolute atomic E-state index is 12.7. The van der Waals surface area contributed by atoms with E-state index in [-0.39, 0.29) is 30.4 Å². The molecule has 2 aliphatic rings. The number of benzene rings is 1. The standard InChI is InChI=1S/C21H22N4O.2ClH/c26-21-9-18(8-20-19-7-16(10-23-11-19)13-25(20)21)17-3-1-15(2-4-17)12-24-6-5-22-14-24;;/h1-6,8-9,14,16,19,23H,7,10-13H2;2*1H/t16-,19+;;/m0../s1. The molecule has 0 radical (unpaired) electrons. The number of nitrogens with one attached hydrogen (secondary N) is 1. The van der Waals surface area contributed by atoms with Gasteiger partial charge in [0, 0.05) is 49.7 Å². The van der Waals surface area contributed by atoms with Crippen LogP contribution in [-0.4, -0.2) is 27.2 Å². The predicted molar refractivity (Wildman–Crippen MR) is 116 cm³/mol. The summed E-state index contributed by atoms with van der Waals surface area (Å²) in [6.07, 6.45) is 6.77. The Morgan fingerprint density at radius 1 is 1.07 bits per heavy atom. The van der Waals surface area contributed by atoms with Gasteiger partial charge in [0.1, 0.15) is 0 Å². The molecule has 2 atom stereocenters. The van der Waals surface area contributed by atoms with Crippen molar-refractivity contribution < 1.29 is 0 Å². The Morgan fingerprint density at radius 2 is 1.89 bits per heavy atom. The van der Waals surface area contributed by atoms with Gasteiger partial charge in [-0.1, -0.05) is 24.3 Å². The molecule has 2 aliphatic heterocycles. The molecule has 3 aromatic rings. The number of hydrogen-bond donors (Lipinski definition) is 1. The molecule has 4 heterocycles. The molecule has 2 aromatic heterocycles. The summed E-state index contributed by atoms with van der Waals surface area (Å²) >= 11 is 0. The van der Waals surface area contributed by atoms with E-state index in [9.17, 15) is 4.79 Å². The van der Waals surface area contributed by atoms with Gasteiger partial charge in [-0.05, 0) is 41.6 Å². The van der Waals surface area contributed by atoms with E-state index in [1.54, 1.807) is 12.3 Å². The van der Waals surface area contributed by atoms with Gasteiger partial charge in [-0.15, -0.1) is 24.8 Å². The number of hydrogen-bond acceptors (Lipinski definition) is 3. The number of fused-ring (bicyclic) bond motifs is 4. The average Bonchev–Trinajstić information content (AvgIpc) is 3.16. The monoisotopic (exact) mass is 418 g/mol. The molecule has 0 spiro atoms. The summed E-state index contributed by atoms with van der Waals surface area (Å²) in [6, 6.07) is 12.5. The zero-order valence-electron chi connectivity index (χ0n) is 15.5. The molecule has 1 saturated heterocycles. The number of pyridine rings is 1.